The molecule has 2 aromatic rings. The molecule has 1 aliphatic rings. The van der Waals surface area contributed by atoms with E-state index in [-0.39, 0.29) is 6.04 Å². The number of guanidine groups is 1. The van der Waals surface area contributed by atoms with Crippen molar-refractivity contribution < 1.29 is 9.15 Å². The molecule has 3 rings (SSSR count). The van der Waals surface area contributed by atoms with Gasteiger partial charge in [-0.15, -0.1) is 0 Å². The van der Waals surface area contributed by atoms with Crippen LogP contribution in [0.3, 0.4) is 0 Å². The summed E-state index contributed by atoms with van der Waals surface area (Å²) in [4.78, 5) is 9.48. The Balaban J connectivity index is 1.64. The van der Waals surface area contributed by atoms with Crippen LogP contribution in [0.4, 0.5) is 0 Å². The van der Waals surface area contributed by atoms with Gasteiger partial charge in [-0.3, -0.25) is 4.90 Å². The zero-order chi connectivity index (χ0) is 22.6. The van der Waals surface area contributed by atoms with E-state index >= 15 is 0 Å². The number of ether oxygens (including phenoxy) is 1. The van der Waals surface area contributed by atoms with Crippen LogP contribution >= 0.6 is 0 Å². The quantitative estimate of drug-likeness (QED) is 0.411. The van der Waals surface area contributed by atoms with Crippen LogP contribution in [0.15, 0.2) is 52.1 Å². The molecule has 7 nitrogen and oxygen atoms in total. The van der Waals surface area contributed by atoms with Gasteiger partial charge >= 0.3 is 0 Å². The molecule has 0 aliphatic carbocycles. The number of rotatable bonds is 11. The summed E-state index contributed by atoms with van der Waals surface area (Å²) >= 11 is 0. The highest BCUT2D eigenvalue weighted by atomic mass is 16.5. The molecule has 0 saturated carbocycles. The molecule has 1 aromatic carbocycles. The highest BCUT2D eigenvalue weighted by molar-refractivity contribution is 5.79. The van der Waals surface area contributed by atoms with Crippen LogP contribution in [0.1, 0.15) is 43.6 Å². The van der Waals surface area contributed by atoms with Crippen molar-refractivity contribution in [2.75, 3.05) is 53.4 Å². The number of hydrogen-bond acceptors (Lipinski definition) is 5. The highest BCUT2D eigenvalue weighted by Gasteiger charge is 2.24. The maximum Gasteiger partial charge on any atom is 0.191 e. The summed E-state index contributed by atoms with van der Waals surface area (Å²) in [5.74, 6) is 2.72. The van der Waals surface area contributed by atoms with Crippen molar-refractivity contribution in [2.45, 2.75) is 38.8 Å². The molecule has 1 saturated heterocycles. The van der Waals surface area contributed by atoms with Gasteiger partial charge in [0.1, 0.15) is 18.1 Å². The van der Waals surface area contributed by atoms with Crippen LogP contribution in [0.2, 0.25) is 0 Å². The van der Waals surface area contributed by atoms with Crippen LogP contribution in [-0.4, -0.2) is 69.2 Å². The zero-order valence-electron chi connectivity index (χ0n) is 19.8. The van der Waals surface area contributed by atoms with Gasteiger partial charge in [0.2, 0.25) is 0 Å². The lowest BCUT2D eigenvalue weighted by molar-refractivity contribution is 0.146. The van der Waals surface area contributed by atoms with Gasteiger partial charge in [-0.25, -0.2) is 4.99 Å². The standard InChI is InChI=1S/C25H39N5O2/c1-4-26-25(27-19-21-11-6-7-12-23(21)32-18-16-29(2)3)28-20-22(24-13-10-17-31-24)30-14-8-5-9-15-30/h6-7,10-13,17,22H,4-5,8-9,14-16,18-20H2,1-3H3,(H2,26,27,28). The average molecular weight is 442 g/mol. The third kappa shape index (κ3) is 7.57. The predicted molar refractivity (Wildman–Crippen MR) is 130 cm³/mol. The van der Waals surface area contributed by atoms with E-state index in [0.29, 0.717) is 13.2 Å². The second-order valence-corrected chi connectivity index (χ2v) is 8.46. The largest absolute Gasteiger partial charge is 0.492 e. The van der Waals surface area contributed by atoms with Gasteiger partial charge in [0, 0.05) is 25.2 Å². The fourth-order valence-electron chi connectivity index (χ4n) is 3.93. The molecule has 0 spiro atoms. The fourth-order valence-corrected chi connectivity index (χ4v) is 3.93. The lowest BCUT2D eigenvalue weighted by atomic mass is 10.1. The van der Waals surface area contributed by atoms with Gasteiger partial charge in [-0.1, -0.05) is 24.6 Å². The van der Waals surface area contributed by atoms with Gasteiger partial charge < -0.3 is 24.7 Å². The lowest BCUT2D eigenvalue weighted by Gasteiger charge is -2.33. The third-order valence-corrected chi connectivity index (χ3v) is 5.69. The monoisotopic (exact) mass is 441 g/mol. The molecule has 1 aromatic heterocycles. The highest BCUT2D eigenvalue weighted by Crippen LogP contribution is 2.24. The Hall–Kier alpha value is -2.51. The molecule has 2 heterocycles. The van der Waals surface area contributed by atoms with Crippen molar-refractivity contribution in [3.05, 3.63) is 54.0 Å². The maximum atomic E-state index is 6.00. The SMILES string of the molecule is CCNC(=NCc1ccccc1OCCN(C)C)NCC(c1ccco1)N1CCCCC1. The first-order valence-electron chi connectivity index (χ1n) is 11.8. The van der Waals surface area contributed by atoms with Crippen molar-refractivity contribution in [3.63, 3.8) is 0 Å². The number of furan rings is 1. The minimum absolute atomic E-state index is 0.204. The number of benzene rings is 1. The van der Waals surface area contributed by atoms with E-state index in [1.54, 1.807) is 6.26 Å². The number of piperidine rings is 1. The van der Waals surface area contributed by atoms with Crippen LogP contribution < -0.4 is 15.4 Å². The summed E-state index contributed by atoms with van der Waals surface area (Å²) < 4.78 is 11.8. The molecule has 7 heteroatoms. The molecule has 0 amide bonds. The Morgan fingerprint density at radius 3 is 2.66 bits per heavy atom. The Labute approximate surface area is 192 Å². The van der Waals surface area contributed by atoms with E-state index in [4.69, 9.17) is 14.1 Å². The van der Waals surface area contributed by atoms with E-state index in [1.807, 2.05) is 38.4 Å². The summed E-state index contributed by atoms with van der Waals surface area (Å²) in [6, 6.07) is 12.4. The summed E-state index contributed by atoms with van der Waals surface area (Å²) in [6.45, 7) is 7.96. The number of hydrogen-bond donors (Lipinski definition) is 2. The number of nitrogens with zero attached hydrogens (tertiary/aromatic N) is 3. The second kappa shape index (κ2) is 13.1. The molecular weight excluding hydrogens is 402 g/mol. The lowest BCUT2D eigenvalue weighted by Crippen LogP contribution is -2.44. The topological polar surface area (TPSA) is 65.3 Å². The van der Waals surface area contributed by atoms with E-state index in [0.717, 1.165) is 55.8 Å². The van der Waals surface area contributed by atoms with E-state index in [2.05, 4.69) is 39.5 Å². The summed E-state index contributed by atoms with van der Waals surface area (Å²) in [6.07, 6.45) is 5.57. The van der Waals surface area contributed by atoms with Gasteiger partial charge in [0.15, 0.2) is 5.96 Å². The van der Waals surface area contributed by atoms with Crippen molar-refractivity contribution in [3.8, 4) is 5.75 Å². The number of para-hydroxylation sites is 1. The van der Waals surface area contributed by atoms with E-state index in [1.165, 1.54) is 19.3 Å². The van der Waals surface area contributed by atoms with Crippen LogP contribution in [0.5, 0.6) is 5.75 Å². The number of aliphatic imine (C=N–C) groups is 1. The smallest absolute Gasteiger partial charge is 0.191 e. The molecule has 1 atom stereocenters. The van der Waals surface area contributed by atoms with Crippen molar-refractivity contribution >= 4 is 5.96 Å². The number of nitrogens with one attached hydrogen (secondary N) is 2. The normalized spacial score (nSPS) is 16.2. The fraction of sp³-hybridized carbons (Fsp3) is 0.560. The molecule has 32 heavy (non-hydrogen) atoms. The predicted octanol–water partition coefficient (Wildman–Crippen LogP) is 3.50. The molecule has 1 fully saturated rings. The molecular formula is C25H39N5O2. The van der Waals surface area contributed by atoms with Gasteiger partial charge in [0.05, 0.1) is 18.8 Å². The second-order valence-electron chi connectivity index (χ2n) is 8.46. The maximum absolute atomic E-state index is 6.00. The van der Waals surface area contributed by atoms with Crippen LogP contribution in [0, 0.1) is 0 Å². The van der Waals surface area contributed by atoms with Crippen molar-refractivity contribution in [1.82, 2.24) is 20.4 Å². The van der Waals surface area contributed by atoms with Crippen LogP contribution in [0.25, 0.3) is 0 Å². The number of likely N-dealkylation sites (N-methyl/N-ethyl adjacent to an activating group) is 1. The first-order valence-corrected chi connectivity index (χ1v) is 11.8. The van der Waals surface area contributed by atoms with Gasteiger partial charge in [-0.05, 0) is 65.1 Å². The minimum atomic E-state index is 0.204. The van der Waals surface area contributed by atoms with Crippen molar-refractivity contribution in [1.29, 1.82) is 0 Å². The van der Waals surface area contributed by atoms with Crippen LogP contribution in [-0.2, 0) is 6.54 Å². The first kappa shape index (κ1) is 24.1. The molecule has 2 N–H and O–H groups in total. The van der Waals surface area contributed by atoms with E-state index in [9.17, 15) is 0 Å². The number of likely N-dealkylation sites (tertiary alicyclic amines) is 1. The van der Waals surface area contributed by atoms with Gasteiger partial charge in [0.25, 0.3) is 0 Å². The Morgan fingerprint density at radius 1 is 1.12 bits per heavy atom. The Kier molecular flexibility index (Phi) is 9.91. The van der Waals surface area contributed by atoms with Gasteiger partial charge in [-0.2, -0.15) is 0 Å². The molecule has 1 aliphatic heterocycles. The summed E-state index contributed by atoms with van der Waals surface area (Å²) in [5.41, 5.74) is 1.09. The van der Waals surface area contributed by atoms with E-state index < -0.39 is 0 Å². The summed E-state index contributed by atoms with van der Waals surface area (Å²) in [7, 11) is 4.10. The zero-order valence-corrected chi connectivity index (χ0v) is 19.8. The molecule has 1 unspecified atom stereocenters. The molecule has 176 valence electrons. The summed E-state index contributed by atoms with van der Waals surface area (Å²) in [5, 5.41) is 6.92. The Morgan fingerprint density at radius 2 is 1.94 bits per heavy atom. The average Bonchev–Trinajstić information content (AvgIpc) is 3.33. The molecule has 0 radical (unpaired) electrons. The first-order chi connectivity index (χ1) is 15.7. The third-order valence-electron chi connectivity index (χ3n) is 5.69. The van der Waals surface area contributed by atoms with Crippen molar-refractivity contribution in [2.24, 2.45) is 4.99 Å². The molecule has 0 bridgehead atoms. The minimum Gasteiger partial charge on any atom is -0.492 e. The Bertz CT molecular complexity index is 800.